The van der Waals surface area contributed by atoms with E-state index in [1.54, 1.807) is 7.11 Å². The van der Waals surface area contributed by atoms with Gasteiger partial charge in [-0.15, -0.1) is 0 Å². The number of benzene rings is 2. The quantitative estimate of drug-likeness (QED) is 0.313. The molecule has 2 unspecified atom stereocenters. The molecule has 0 bridgehead atoms. The molecule has 4 rings (SSSR count). The Morgan fingerprint density at radius 2 is 1.47 bits per heavy atom. The van der Waals surface area contributed by atoms with E-state index in [2.05, 4.69) is 71.0 Å². The third-order valence-corrected chi connectivity index (χ3v) is 7.16. The van der Waals surface area contributed by atoms with Crippen LogP contribution in [0.1, 0.15) is 64.5 Å². The number of halogens is 2. The van der Waals surface area contributed by atoms with Crippen molar-refractivity contribution >= 4 is 18.6 Å². The summed E-state index contributed by atoms with van der Waals surface area (Å²) in [5.74, 6) is 2.93. The second-order valence-corrected chi connectivity index (χ2v) is 12.8. The van der Waals surface area contributed by atoms with Crippen LogP contribution in [0, 0.1) is 19.3 Å². The Labute approximate surface area is 223 Å². The summed E-state index contributed by atoms with van der Waals surface area (Å²) < 4.78 is 5.61. The van der Waals surface area contributed by atoms with Crippen LogP contribution < -0.4 is 4.74 Å². The Kier molecular flexibility index (Phi) is 10.4. The summed E-state index contributed by atoms with van der Waals surface area (Å²) in [6, 6.07) is 12.6. The zero-order chi connectivity index (χ0) is 24.3. The predicted molar refractivity (Wildman–Crippen MR) is 143 cm³/mol. The molecule has 2 aromatic carbocycles. The molecule has 0 radical (unpaired) electrons. The molecule has 2 nitrogen and oxygen atoms in total. The van der Waals surface area contributed by atoms with Crippen molar-refractivity contribution in [1.82, 2.24) is 0 Å². The first-order valence-corrected chi connectivity index (χ1v) is 15.7. The first kappa shape index (κ1) is 29.0. The number of ether oxygens (including phenoxy) is 1. The zero-order valence-electron chi connectivity index (χ0n) is 21.4. The molecule has 1 N–H and O–H groups in total. The SMILES string of the molecule is COc1cc(-c2ccccc2C2CC3C(C)=CC=C(C)C3C2)c(O)c(C(C)(C)C)c1.[CH3-].[Cl][Ti][Cl]. The maximum absolute atomic E-state index is 11.3. The third kappa shape index (κ3) is 6.14. The first-order chi connectivity index (χ1) is 15.6. The fourth-order valence-corrected chi connectivity index (χ4v) is 5.41. The van der Waals surface area contributed by atoms with Gasteiger partial charge < -0.3 is 17.3 Å². The van der Waals surface area contributed by atoms with Gasteiger partial charge in [0.15, 0.2) is 0 Å². The summed E-state index contributed by atoms with van der Waals surface area (Å²) in [5.41, 5.74) is 7.11. The van der Waals surface area contributed by atoms with E-state index in [0.29, 0.717) is 23.5 Å². The van der Waals surface area contributed by atoms with Gasteiger partial charge in [-0.1, -0.05) is 68.3 Å². The van der Waals surface area contributed by atoms with Gasteiger partial charge in [0.25, 0.3) is 0 Å². The van der Waals surface area contributed by atoms with E-state index in [9.17, 15) is 5.11 Å². The van der Waals surface area contributed by atoms with Gasteiger partial charge in [0.2, 0.25) is 0 Å². The zero-order valence-corrected chi connectivity index (χ0v) is 24.4. The molecule has 0 aliphatic heterocycles. The number of hydrogen-bond acceptors (Lipinski definition) is 2. The van der Waals surface area contributed by atoms with Crippen molar-refractivity contribution in [3.05, 3.63) is 78.3 Å². The second-order valence-electron chi connectivity index (χ2n) is 10.2. The summed E-state index contributed by atoms with van der Waals surface area (Å²) in [7, 11) is 11.5. The van der Waals surface area contributed by atoms with Crippen LogP contribution in [-0.2, 0) is 22.4 Å². The average molecular weight is 536 g/mol. The minimum absolute atomic E-state index is 0. The molecular formula is C29H37Cl2O2Ti-. The van der Waals surface area contributed by atoms with E-state index < -0.39 is 17.0 Å². The summed E-state index contributed by atoms with van der Waals surface area (Å²) >= 11 is -0.556. The van der Waals surface area contributed by atoms with Crippen LogP contribution in [-0.4, -0.2) is 12.2 Å². The van der Waals surface area contributed by atoms with E-state index in [0.717, 1.165) is 22.4 Å². The molecule has 0 spiro atoms. The molecule has 2 aliphatic carbocycles. The monoisotopic (exact) mass is 535 g/mol. The summed E-state index contributed by atoms with van der Waals surface area (Å²) in [6.07, 6.45) is 6.95. The number of methoxy groups -OCH3 is 1. The molecule has 1 fully saturated rings. The normalized spacial score (nSPS) is 21.2. The van der Waals surface area contributed by atoms with Crippen molar-refractivity contribution in [1.29, 1.82) is 0 Å². The average Bonchev–Trinajstić information content (AvgIpc) is 3.23. The van der Waals surface area contributed by atoms with Gasteiger partial charge in [-0.3, -0.25) is 0 Å². The number of phenols is 1. The summed E-state index contributed by atoms with van der Waals surface area (Å²) in [4.78, 5) is 0. The Bertz CT molecular complexity index is 1030. The topological polar surface area (TPSA) is 29.5 Å². The second kappa shape index (κ2) is 12.2. The predicted octanol–water partition coefficient (Wildman–Crippen LogP) is 9.21. The van der Waals surface area contributed by atoms with Gasteiger partial charge in [-0.2, -0.15) is 0 Å². The van der Waals surface area contributed by atoms with E-state index in [1.165, 1.54) is 29.6 Å². The molecule has 0 heterocycles. The van der Waals surface area contributed by atoms with Crippen LogP contribution in [0.15, 0.2) is 59.7 Å². The van der Waals surface area contributed by atoms with Gasteiger partial charge in [0, 0.05) is 11.1 Å². The van der Waals surface area contributed by atoms with Gasteiger partial charge in [0.1, 0.15) is 11.5 Å². The number of phenolic OH excluding ortho intramolecular Hbond substituents is 1. The van der Waals surface area contributed by atoms with Gasteiger partial charge >= 0.3 is 35.6 Å². The number of fused-ring (bicyclic) bond motifs is 1. The Hall–Kier alpha value is -1.19. The molecule has 184 valence electrons. The standard InChI is InChI=1S/C28H34O2.CH3.2ClH.Ti/c1-17-11-12-18(2)24-14-19(13-23(17)24)21-9-7-8-10-22(21)25-15-20(30-6)16-26(27(25)29)28(3,4)5;;;;/h7-12,15-16,19,23-24,29H,13-14H2,1-6H3;1H3;2*1H;/q;-1;;;+2/p-2. The van der Waals surface area contributed by atoms with E-state index in [4.69, 9.17) is 23.3 Å². The van der Waals surface area contributed by atoms with Crippen molar-refractivity contribution in [2.24, 2.45) is 11.8 Å². The van der Waals surface area contributed by atoms with E-state index >= 15 is 0 Å². The van der Waals surface area contributed by atoms with Gasteiger partial charge in [-0.05, 0) is 73.1 Å². The summed E-state index contributed by atoms with van der Waals surface area (Å²) in [6.45, 7) is 10.9. The van der Waals surface area contributed by atoms with E-state index in [-0.39, 0.29) is 12.8 Å². The van der Waals surface area contributed by atoms with Crippen LogP contribution in [0.2, 0.25) is 0 Å². The van der Waals surface area contributed by atoms with Crippen LogP contribution in [0.4, 0.5) is 0 Å². The number of hydrogen-bond donors (Lipinski definition) is 1. The Morgan fingerprint density at radius 1 is 0.941 bits per heavy atom. The Balaban J connectivity index is 0.000000970. The molecule has 34 heavy (non-hydrogen) atoms. The van der Waals surface area contributed by atoms with Gasteiger partial charge in [0.05, 0.1) is 7.11 Å². The van der Waals surface area contributed by atoms with Crippen molar-refractivity contribution in [3.8, 4) is 22.6 Å². The molecule has 0 amide bonds. The fraction of sp³-hybridized carbons (Fsp3) is 0.414. The van der Waals surface area contributed by atoms with Crippen LogP contribution in [0.25, 0.3) is 11.1 Å². The number of aromatic hydroxyl groups is 1. The number of rotatable bonds is 3. The minimum atomic E-state index is -0.556. The third-order valence-electron chi connectivity index (χ3n) is 7.16. The van der Waals surface area contributed by atoms with Crippen molar-refractivity contribution < 1.29 is 26.9 Å². The maximum atomic E-state index is 11.3. The molecule has 2 atom stereocenters. The van der Waals surface area contributed by atoms with Crippen molar-refractivity contribution in [2.45, 2.75) is 58.8 Å². The Morgan fingerprint density at radius 3 is 1.97 bits per heavy atom. The first-order valence-electron chi connectivity index (χ1n) is 11.4. The molecular weight excluding hydrogens is 499 g/mol. The molecule has 2 aliphatic rings. The fourth-order valence-electron chi connectivity index (χ4n) is 5.41. The van der Waals surface area contributed by atoms with E-state index in [1.807, 2.05) is 12.1 Å². The molecule has 1 saturated carbocycles. The van der Waals surface area contributed by atoms with Crippen LogP contribution in [0.3, 0.4) is 0 Å². The molecule has 0 aromatic heterocycles. The molecule has 2 aromatic rings. The van der Waals surface area contributed by atoms with Crippen LogP contribution >= 0.6 is 18.6 Å². The van der Waals surface area contributed by atoms with Crippen molar-refractivity contribution in [3.63, 3.8) is 0 Å². The molecule has 0 saturated heterocycles. The van der Waals surface area contributed by atoms with Crippen LogP contribution in [0.5, 0.6) is 11.5 Å². The molecule has 5 heteroatoms. The number of allylic oxidation sites excluding steroid dienone is 4. The summed E-state index contributed by atoms with van der Waals surface area (Å²) in [5, 5.41) is 11.3. The van der Waals surface area contributed by atoms with Gasteiger partial charge in [-0.25, -0.2) is 0 Å². The van der Waals surface area contributed by atoms with Crippen molar-refractivity contribution in [2.75, 3.05) is 7.11 Å².